The van der Waals surface area contributed by atoms with Crippen LogP contribution in [-0.2, 0) is 17.6 Å². The molecule has 1 aromatic rings. The Morgan fingerprint density at radius 1 is 1.07 bits per heavy atom. The molecule has 0 N–H and O–H groups in total. The van der Waals surface area contributed by atoms with Gasteiger partial charge in [0.05, 0.1) is 0 Å². The Labute approximate surface area is 185 Å². The number of thioether (sulfide) groups is 1. The number of urea groups is 1. The first-order valence-corrected chi connectivity index (χ1v) is 12.7. The van der Waals surface area contributed by atoms with E-state index < -0.39 is 5.54 Å². The first kappa shape index (κ1) is 21.7. The Hall–Kier alpha value is -1.53. The number of carbonyl (C=O) groups is 2. The van der Waals surface area contributed by atoms with Crippen LogP contribution in [0.3, 0.4) is 0 Å². The minimum atomic E-state index is -0.647. The summed E-state index contributed by atoms with van der Waals surface area (Å²) in [6.07, 6.45) is 5.22. The zero-order valence-electron chi connectivity index (χ0n) is 18.8. The van der Waals surface area contributed by atoms with Crippen LogP contribution in [0, 0.1) is 5.92 Å². The molecule has 4 rings (SSSR count). The Bertz CT molecular complexity index is 778. The molecule has 164 valence electrons. The number of carbonyl (C=O) groups excluding carboxylic acids is 2. The van der Waals surface area contributed by atoms with E-state index in [0.29, 0.717) is 18.5 Å². The van der Waals surface area contributed by atoms with Crippen LogP contribution in [0.5, 0.6) is 0 Å². The van der Waals surface area contributed by atoms with Gasteiger partial charge in [0.2, 0.25) is 0 Å². The van der Waals surface area contributed by atoms with Gasteiger partial charge in [0.25, 0.3) is 5.91 Å². The molecular weight excluding hydrogens is 394 g/mol. The molecule has 0 bridgehead atoms. The molecule has 0 radical (unpaired) electrons. The van der Waals surface area contributed by atoms with Crippen LogP contribution in [0.4, 0.5) is 4.79 Å². The van der Waals surface area contributed by atoms with E-state index in [1.165, 1.54) is 11.1 Å². The molecule has 2 fully saturated rings. The normalized spacial score (nSPS) is 23.1. The van der Waals surface area contributed by atoms with Crippen LogP contribution in [0.2, 0.25) is 0 Å². The Morgan fingerprint density at radius 3 is 2.20 bits per heavy atom. The fraction of sp³-hybridized carbons (Fsp3) is 0.667. The number of rotatable bonds is 6. The number of fused-ring (bicyclic) bond motifs is 1. The number of nitrogens with zero attached hydrogens (tertiary/aromatic N) is 3. The maximum absolute atomic E-state index is 13.9. The summed E-state index contributed by atoms with van der Waals surface area (Å²) in [5.41, 5.74) is 1.91. The maximum atomic E-state index is 13.9. The molecule has 2 heterocycles. The molecule has 0 saturated carbocycles. The Kier molecular flexibility index (Phi) is 6.18. The van der Waals surface area contributed by atoms with Gasteiger partial charge in [0, 0.05) is 37.5 Å². The number of piperidine rings is 1. The van der Waals surface area contributed by atoms with Gasteiger partial charge in [-0.2, -0.15) is 11.8 Å². The highest BCUT2D eigenvalue weighted by Crippen LogP contribution is 2.41. The van der Waals surface area contributed by atoms with Crippen molar-refractivity contribution in [1.82, 2.24) is 14.7 Å². The van der Waals surface area contributed by atoms with E-state index in [2.05, 4.69) is 44.1 Å². The van der Waals surface area contributed by atoms with Crippen molar-refractivity contribution in [1.29, 1.82) is 0 Å². The smallest absolute Gasteiger partial charge is 0.309 e. The summed E-state index contributed by atoms with van der Waals surface area (Å²) in [6, 6.07) is 8.77. The lowest BCUT2D eigenvalue weighted by molar-refractivity contribution is -0.137. The molecule has 1 spiro atoms. The van der Waals surface area contributed by atoms with Gasteiger partial charge in [-0.25, -0.2) is 4.79 Å². The van der Waals surface area contributed by atoms with E-state index >= 15 is 0 Å². The third-order valence-electron chi connectivity index (χ3n) is 7.17. The molecule has 3 amide bonds. The third kappa shape index (κ3) is 3.66. The van der Waals surface area contributed by atoms with Crippen molar-refractivity contribution >= 4 is 23.7 Å². The lowest BCUT2D eigenvalue weighted by Crippen LogP contribution is -2.58. The van der Waals surface area contributed by atoms with Crippen molar-refractivity contribution in [3.8, 4) is 0 Å². The first-order valence-electron chi connectivity index (χ1n) is 11.3. The summed E-state index contributed by atoms with van der Waals surface area (Å²) < 4.78 is 0. The van der Waals surface area contributed by atoms with Gasteiger partial charge in [-0.15, -0.1) is 0 Å². The van der Waals surface area contributed by atoms with E-state index in [-0.39, 0.29) is 18.0 Å². The highest BCUT2D eigenvalue weighted by atomic mass is 32.2. The van der Waals surface area contributed by atoms with Crippen molar-refractivity contribution in [3.63, 3.8) is 0 Å². The highest BCUT2D eigenvalue weighted by molar-refractivity contribution is 7.98. The lowest BCUT2D eigenvalue weighted by Gasteiger charge is -2.44. The van der Waals surface area contributed by atoms with Crippen LogP contribution < -0.4 is 0 Å². The zero-order chi connectivity index (χ0) is 21.5. The molecule has 0 aromatic heterocycles. The molecular formula is C24H35N3O2S. The largest absolute Gasteiger partial charge is 0.327 e. The number of benzene rings is 1. The summed E-state index contributed by atoms with van der Waals surface area (Å²) in [5.74, 6) is 1.50. The molecule has 2 saturated heterocycles. The number of imide groups is 1. The number of hydrogen-bond donors (Lipinski definition) is 0. The average Bonchev–Trinajstić information content (AvgIpc) is 3.22. The predicted molar refractivity (Wildman–Crippen MR) is 123 cm³/mol. The monoisotopic (exact) mass is 429 g/mol. The van der Waals surface area contributed by atoms with Gasteiger partial charge in [0.1, 0.15) is 5.54 Å². The van der Waals surface area contributed by atoms with Gasteiger partial charge >= 0.3 is 6.03 Å². The van der Waals surface area contributed by atoms with Crippen molar-refractivity contribution < 1.29 is 9.59 Å². The molecule has 1 unspecified atom stereocenters. The molecule has 6 heteroatoms. The molecule has 2 aliphatic heterocycles. The van der Waals surface area contributed by atoms with E-state index in [0.717, 1.165) is 44.5 Å². The van der Waals surface area contributed by atoms with Gasteiger partial charge in [-0.05, 0) is 55.9 Å². The zero-order valence-corrected chi connectivity index (χ0v) is 19.6. The van der Waals surface area contributed by atoms with Gasteiger partial charge in [-0.1, -0.05) is 38.1 Å². The minimum absolute atomic E-state index is 0.0371. The molecule has 1 atom stereocenters. The average molecular weight is 430 g/mol. The third-order valence-corrected chi connectivity index (χ3v) is 7.99. The SMILES string of the molecule is CSCC(C)N1CCC2(CC1)C(=O)N(C1Cc3ccccc3C1)C(=O)N2CC(C)C. The fourth-order valence-electron chi connectivity index (χ4n) is 5.56. The highest BCUT2D eigenvalue weighted by Gasteiger charge is 2.59. The number of hydrogen-bond acceptors (Lipinski definition) is 4. The molecule has 30 heavy (non-hydrogen) atoms. The summed E-state index contributed by atoms with van der Waals surface area (Å²) in [4.78, 5) is 33.5. The fourth-order valence-corrected chi connectivity index (χ4v) is 6.26. The van der Waals surface area contributed by atoms with Crippen LogP contribution in [0.1, 0.15) is 44.7 Å². The molecule has 3 aliphatic rings. The summed E-state index contributed by atoms with van der Waals surface area (Å²) in [5, 5.41) is 0. The maximum Gasteiger partial charge on any atom is 0.327 e. The standard InChI is InChI=1S/C24H35N3O2S/c1-17(2)15-26-23(29)27(21-13-19-7-5-6-8-20(19)14-21)22(28)24(26)9-11-25(12-10-24)18(3)16-30-4/h5-8,17-18,21H,9-16H2,1-4H3. The first-order chi connectivity index (χ1) is 14.4. The predicted octanol–water partition coefficient (Wildman–Crippen LogP) is 3.66. The summed E-state index contributed by atoms with van der Waals surface area (Å²) in [7, 11) is 0. The molecule has 5 nitrogen and oxygen atoms in total. The second kappa shape index (κ2) is 8.54. The Morgan fingerprint density at radius 2 is 1.67 bits per heavy atom. The van der Waals surface area contributed by atoms with Crippen LogP contribution in [0.15, 0.2) is 24.3 Å². The molecule has 1 aromatic carbocycles. The second-order valence-electron chi connectivity index (χ2n) is 9.66. The summed E-state index contributed by atoms with van der Waals surface area (Å²) in [6.45, 7) is 8.96. The second-order valence-corrected chi connectivity index (χ2v) is 10.6. The quantitative estimate of drug-likeness (QED) is 0.648. The topological polar surface area (TPSA) is 43.9 Å². The van der Waals surface area contributed by atoms with E-state index in [4.69, 9.17) is 0 Å². The van der Waals surface area contributed by atoms with Crippen LogP contribution in [0.25, 0.3) is 0 Å². The van der Waals surface area contributed by atoms with Crippen LogP contribution in [-0.4, -0.2) is 75.9 Å². The summed E-state index contributed by atoms with van der Waals surface area (Å²) >= 11 is 1.87. The number of likely N-dealkylation sites (tertiary alicyclic amines) is 1. The van der Waals surface area contributed by atoms with Crippen molar-refractivity contribution in [2.75, 3.05) is 31.6 Å². The Balaban J connectivity index is 1.57. The van der Waals surface area contributed by atoms with Gasteiger partial charge < -0.3 is 4.90 Å². The van der Waals surface area contributed by atoms with E-state index in [9.17, 15) is 9.59 Å². The van der Waals surface area contributed by atoms with Crippen molar-refractivity contribution in [2.24, 2.45) is 5.92 Å². The van der Waals surface area contributed by atoms with E-state index in [1.54, 1.807) is 4.90 Å². The van der Waals surface area contributed by atoms with E-state index in [1.807, 2.05) is 28.8 Å². The van der Waals surface area contributed by atoms with Crippen LogP contribution >= 0.6 is 11.8 Å². The minimum Gasteiger partial charge on any atom is -0.309 e. The van der Waals surface area contributed by atoms with Gasteiger partial charge in [0.15, 0.2) is 0 Å². The van der Waals surface area contributed by atoms with Crippen molar-refractivity contribution in [3.05, 3.63) is 35.4 Å². The molecule has 1 aliphatic carbocycles. The van der Waals surface area contributed by atoms with Crippen molar-refractivity contribution in [2.45, 2.75) is 64.1 Å². The lowest BCUT2D eigenvalue weighted by atomic mass is 9.84. The number of amides is 3. The van der Waals surface area contributed by atoms with Gasteiger partial charge in [-0.3, -0.25) is 14.6 Å².